The first-order valence-corrected chi connectivity index (χ1v) is 6.25. The molecule has 0 fully saturated rings. The lowest BCUT2D eigenvalue weighted by Gasteiger charge is -2.06. The Morgan fingerprint density at radius 1 is 1.44 bits per heavy atom. The molecular formula is C10H14N2O3S. The van der Waals surface area contributed by atoms with Crippen molar-refractivity contribution in [3.05, 3.63) is 29.8 Å². The summed E-state index contributed by atoms with van der Waals surface area (Å²) in [5.74, 6) is -0.535. The van der Waals surface area contributed by atoms with Gasteiger partial charge in [0.05, 0.1) is 4.90 Å². The summed E-state index contributed by atoms with van der Waals surface area (Å²) >= 11 is 0. The standard InChI is InChI=1S/C10H14N2O3S/c1-8-3-2-4-9(7-8)16(14,15)12-6-5-10(11)13/h2-4,7,12H,5-6H2,1H3,(H2,11,13). The molecular weight excluding hydrogens is 228 g/mol. The van der Waals surface area contributed by atoms with Crippen molar-refractivity contribution in [1.29, 1.82) is 0 Å². The second-order valence-electron chi connectivity index (χ2n) is 3.43. The van der Waals surface area contributed by atoms with E-state index in [4.69, 9.17) is 5.73 Å². The Hall–Kier alpha value is -1.40. The van der Waals surface area contributed by atoms with Gasteiger partial charge in [0, 0.05) is 13.0 Å². The van der Waals surface area contributed by atoms with E-state index in [1.807, 2.05) is 13.0 Å². The van der Waals surface area contributed by atoms with Gasteiger partial charge < -0.3 is 5.73 Å². The maximum absolute atomic E-state index is 11.7. The smallest absolute Gasteiger partial charge is 0.240 e. The van der Waals surface area contributed by atoms with E-state index < -0.39 is 15.9 Å². The first-order chi connectivity index (χ1) is 7.42. The largest absolute Gasteiger partial charge is 0.370 e. The number of nitrogens with one attached hydrogen (secondary N) is 1. The van der Waals surface area contributed by atoms with Gasteiger partial charge in [-0.25, -0.2) is 13.1 Å². The molecule has 0 aliphatic rings. The SMILES string of the molecule is Cc1cccc(S(=O)(=O)NCCC(N)=O)c1. The zero-order chi connectivity index (χ0) is 12.2. The molecule has 1 aromatic carbocycles. The molecule has 0 bridgehead atoms. The van der Waals surface area contributed by atoms with Gasteiger partial charge in [-0.15, -0.1) is 0 Å². The van der Waals surface area contributed by atoms with Crippen LogP contribution in [0.2, 0.25) is 0 Å². The van der Waals surface area contributed by atoms with Crippen molar-refractivity contribution in [2.75, 3.05) is 6.54 Å². The number of nitrogens with two attached hydrogens (primary N) is 1. The van der Waals surface area contributed by atoms with Crippen molar-refractivity contribution >= 4 is 15.9 Å². The van der Waals surface area contributed by atoms with Crippen LogP contribution in [0.5, 0.6) is 0 Å². The van der Waals surface area contributed by atoms with E-state index in [0.717, 1.165) is 5.56 Å². The number of carbonyl (C=O) groups is 1. The fourth-order valence-electron chi connectivity index (χ4n) is 1.17. The van der Waals surface area contributed by atoms with Crippen LogP contribution in [0.15, 0.2) is 29.2 Å². The highest BCUT2D eigenvalue weighted by molar-refractivity contribution is 7.89. The molecule has 6 heteroatoms. The predicted molar refractivity (Wildman–Crippen MR) is 60.2 cm³/mol. The monoisotopic (exact) mass is 242 g/mol. The summed E-state index contributed by atoms with van der Waals surface area (Å²) in [5, 5.41) is 0. The molecule has 0 atom stereocenters. The molecule has 0 unspecified atom stereocenters. The summed E-state index contributed by atoms with van der Waals surface area (Å²) in [4.78, 5) is 10.7. The van der Waals surface area contributed by atoms with E-state index in [9.17, 15) is 13.2 Å². The number of carbonyl (C=O) groups excluding carboxylic acids is 1. The Morgan fingerprint density at radius 2 is 2.12 bits per heavy atom. The maximum atomic E-state index is 11.7. The number of hydrogen-bond donors (Lipinski definition) is 2. The number of amides is 1. The second-order valence-corrected chi connectivity index (χ2v) is 5.20. The van der Waals surface area contributed by atoms with Gasteiger partial charge in [0.25, 0.3) is 0 Å². The molecule has 0 radical (unpaired) electrons. The van der Waals surface area contributed by atoms with Gasteiger partial charge in [-0.2, -0.15) is 0 Å². The van der Waals surface area contributed by atoms with Crippen LogP contribution in [-0.4, -0.2) is 20.9 Å². The molecule has 0 saturated heterocycles. The van der Waals surface area contributed by atoms with Crippen molar-refractivity contribution in [3.63, 3.8) is 0 Å². The van der Waals surface area contributed by atoms with Crippen LogP contribution in [-0.2, 0) is 14.8 Å². The molecule has 1 aromatic rings. The molecule has 3 N–H and O–H groups in total. The highest BCUT2D eigenvalue weighted by atomic mass is 32.2. The van der Waals surface area contributed by atoms with Gasteiger partial charge in [0.2, 0.25) is 15.9 Å². The molecule has 88 valence electrons. The van der Waals surface area contributed by atoms with Crippen molar-refractivity contribution in [2.45, 2.75) is 18.2 Å². The number of rotatable bonds is 5. The number of primary amides is 1. The van der Waals surface area contributed by atoms with Gasteiger partial charge in [-0.3, -0.25) is 4.79 Å². The van der Waals surface area contributed by atoms with E-state index >= 15 is 0 Å². The highest BCUT2D eigenvalue weighted by Crippen LogP contribution is 2.10. The minimum absolute atomic E-state index is 0.00888. The van der Waals surface area contributed by atoms with Crippen molar-refractivity contribution in [1.82, 2.24) is 4.72 Å². The Balaban J connectivity index is 2.74. The molecule has 1 rings (SSSR count). The molecule has 0 aromatic heterocycles. The zero-order valence-electron chi connectivity index (χ0n) is 8.93. The Bertz CT molecular complexity index is 483. The third kappa shape index (κ3) is 3.63. The molecule has 0 saturated carbocycles. The minimum atomic E-state index is -3.54. The van der Waals surface area contributed by atoms with Gasteiger partial charge >= 0.3 is 0 Å². The third-order valence-electron chi connectivity index (χ3n) is 1.96. The normalized spacial score (nSPS) is 11.3. The first kappa shape index (κ1) is 12.7. The van der Waals surface area contributed by atoms with E-state index in [-0.39, 0.29) is 17.9 Å². The molecule has 0 spiro atoms. The molecule has 1 amide bonds. The van der Waals surface area contributed by atoms with Gasteiger partial charge in [-0.1, -0.05) is 12.1 Å². The quantitative estimate of drug-likeness (QED) is 0.770. The van der Waals surface area contributed by atoms with Crippen LogP contribution in [0.3, 0.4) is 0 Å². The van der Waals surface area contributed by atoms with E-state index in [0.29, 0.717) is 0 Å². The van der Waals surface area contributed by atoms with E-state index in [1.54, 1.807) is 12.1 Å². The van der Waals surface area contributed by atoms with E-state index in [1.165, 1.54) is 6.07 Å². The van der Waals surface area contributed by atoms with Crippen LogP contribution >= 0.6 is 0 Å². The summed E-state index contributed by atoms with van der Waals surface area (Å²) < 4.78 is 25.7. The molecule has 0 aliphatic carbocycles. The Labute approximate surface area is 94.7 Å². The van der Waals surface area contributed by atoms with Crippen LogP contribution in [0.25, 0.3) is 0 Å². The second kappa shape index (κ2) is 5.09. The average molecular weight is 242 g/mol. The zero-order valence-corrected chi connectivity index (χ0v) is 9.75. The van der Waals surface area contributed by atoms with Crippen LogP contribution in [0, 0.1) is 6.92 Å². The lowest BCUT2D eigenvalue weighted by Crippen LogP contribution is -2.28. The number of sulfonamides is 1. The third-order valence-corrected chi connectivity index (χ3v) is 3.42. The topological polar surface area (TPSA) is 89.3 Å². The van der Waals surface area contributed by atoms with Crippen molar-refractivity contribution in [2.24, 2.45) is 5.73 Å². The van der Waals surface area contributed by atoms with Crippen LogP contribution < -0.4 is 10.5 Å². The van der Waals surface area contributed by atoms with Crippen LogP contribution in [0.1, 0.15) is 12.0 Å². The molecule has 0 aliphatic heterocycles. The lowest BCUT2D eigenvalue weighted by atomic mass is 10.2. The number of benzene rings is 1. The predicted octanol–water partition coefficient (Wildman–Crippen LogP) is 0.149. The summed E-state index contributed by atoms with van der Waals surface area (Å²) in [5.41, 5.74) is 5.77. The summed E-state index contributed by atoms with van der Waals surface area (Å²) in [6, 6.07) is 6.53. The van der Waals surface area contributed by atoms with Gasteiger partial charge in [0.1, 0.15) is 0 Å². The number of hydrogen-bond acceptors (Lipinski definition) is 3. The first-order valence-electron chi connectivity index (χ1n) is 4.76. The fraction of sp³-hybridized carbons (Fsp3) is 0.300. The summed E-state index contributed by atoms with van der Waals surface area (Å²) in [7, 11) is -3.54. The van der Waals surface area contributed by atoms with Crippen molar-refractivity contribution in [3.8, 4) is 0 Å². The van der Waals surface area contributed by atoms with E-state index in [2.05, 4.69) is 4.72 Å². The Morgan fingerprint density at radius 3 is 2.69 bits per heavy atom. The molecule has 0 heterocycles. The molecule has 5 nitrogen and oxygen atoms in total. The summed E-state index contributed by atoms with van der Waals surface area (Å²) in [6.45, 7) is 1.83. The lowest BCUT2D eigenvalue weighted by molar-refractivity contribution is -0.117. The average Bonchev–Trinajstić information content (AvgIpc) is 2.16. The summed E-state index contributed by atoms with van der Waals surface area (Å²) in [6.07, 6.45) is -0.00888. The number of aryl methyl sites for hydroxylation is 1. The Kier molecular flexibility index (Phi) is 4.03. The maximum Gasteiger partial charge on any atom is 0.240 e. The highest BCUT2D eigenvalue weighted by Gasteiger charge is 2.13. The van der Waals surface area contributed by atoms with Gasteiger partial charge in [0.15, 0.2) is 0 Å². The minimum Gasteiger partial charge on any atom is -0.370 e. The molecule has 16 heavy (non-hydrogen) atoms. The van der Waals surface area contributed by atoms with Gasteiger partial charge in [-0.05, 0) is 24.6 Å². The fourth-order valence-corrected chi connectivity index (χ4v) is 2.31. The van der Waals surface area contributed by atoms with Crippen molar-refractivity contribution < 1.29 is 13.2 Å². The van der Waals surface area contributed by atoms with Crippen LogP contribution in [0.4, 0.5) is 0 Å².